The van der Waals surface area contributed by atoms with Gasteiger partial charge in [-0.25, -0.2) is 4.68 Å². The normalized spacial score (nSPS) is 16.0. The van der Waals surface area contributed by atoms with Crippen LogP contribution in [-0.2, 0) is 11.2 Å². The minimum absolute atomic E-state index is 0.107. The van der Waals surface area contributed by atoms with E-state index in [1.807, 2.05) is 48.7 Å². The molecule has 126 valence electrons. The summed E-state index contributed by atoms with van der Waals surface area (Å²) in [5.41, 5.74) is 1.89. The summed E-state index contributed by atoms with van der Waals surface area (Å²) < 4.78 is 7.40. The van der Waals surface area contributed by atoms with E-state index in [-0.39, 0.29) is 11.8 Å². The number of nitrogens with zero attached hydrogens (tertiary/aromatic N) is 2. The van der Waals surface area contributed by atoms with Gasteiger partial charge in [-0.05, 0) is 42.3 Å². The molecule has 4 rings (SSSR count). The fourth-order valence-corrected chi connectivity index (χ4v) is 3.07. The minimum atomic E-state index is -0.271. The van der Waals surface area contributed by atoms with E-state index in [0.29, 0.717) is 23.9 Å². The molecule has 2 aromatic carbocycles. The molecule has 1 amide bonds. The summed E-state index contributed by atoms with van der Waals surface area (Å²) in [5.74, 6) is 0.935. The van der Waals surface area contributed by atoms with Gasteiger partial charge in [-0.15, -0.1) is 0 Å². The van der Waals surface area contributed by atoms with Crippen LogP contribution in [0.3, 0.4) is 0 Å². The average Bonchev–Trinajstić information content (AvgIpc) is 3.10. The zero-order valence-corrected chi connectivity index (χ0v) is 14.1. The van der Waals surface area contributed by atoms with Crippen molar-refractivity contribution in [2.75, 3.05) is 11.9 Å². The van der Waals surface area contributed by atoms with Crippen LogP contribution in [0.15, 0.2) is 60.8 Å². The highest BCUT2D eigenvalue weighted by Crippen LogP contribution is 2.30. The Morgan fingerprint density at radius 2 is 2.04 bits per heavy atom. The van der Waals surface area contributed by atoms with Crippen molar-refractivity contribution in [3.05, 3.63) is 71.4 Å². The van der Waals surface area contributed by atoms with Crippen LogP contribution in [0.25, 0.3) is 5.69 Å². The summed E-state index contributed by atoms with van der Waals surface area (Å²) in [6, 6.07) is 17.0. The highest BCUT2D eigenvalue weighted by Gasteiger charge is 2.26. The molecule has 0 saturated carbocycles. The fraction of sp³-hybridized carbons (Fsp3) is 0.158. The Kier molecular flexibility index (Phi) is 4.15. The molecule has 3 aromatic rings. The number of aromatic nitrogens is 2. The summed E-state index contributed by atoms with van der Waals surface area (Å²) in [5, 5.41) is 7.90. The van der Waals surface area contributed by atoms with Gasteiger partial charge in [0.05, 0.1) is 11.6 Å². The number of halogens is 1. The number of anilines is 1. The van der Waals surface area contributed by atoms with E-state index < -0.39 is 0 Å². The van der Waals surface area contributed by atoms with Crippen LogP contribution in [0, 0.1) is 5.92 Å². The molecule has 1 unspecified atom stereocenters. The van der Waals surface area contributed by atoms with Gasteiger partial charge in [0.2, 0.25) is 5.91 Å². The quantitative estimate of drug-likeness (QED) is 0.780. The summed E-state index contributed by atoms with van der Waals surface area (Å²) >= 11 is 6.03. The third-order valence-electron chi connectivity index (χ3n) is 4.16. The van der Waals surface area contributed by atoms with E-state index in [9.17, 15) is 4.79 Å². The lowest BCUT2D eigenvalue weighted by Gasteiger charge is -2.24. The van der Waals surface area contributed by atoms with Crippen molar-refractivity contribution in [3.63, 3.8) is 0 Å². The van der Waals surface area contributed by atoms with Crippen molar-refractivity contribution in [2.45, 2.75) is 6.42 Å². The molecule has 1 aliphatic heterocycles. The Labute approximate surface area is 150 Å². The van der Waals surface area contributed by atoms with Crippen molar-refractivity contribution in [1.29, 1.82) is 0 Å². The molecule has 1 atom stereocenters. The number of para-hydroxylation sites is 1. The maximum atomic E-state index is 12.5. The topological polar surface area (TPSA) is 56.2 Å². The lowest BCUT2D eigenvalue weighted by Crippen LogP contribution is -2.32. The Bertz CT molecular complexity index is 908. The number of amides is 1. The van der Waals surface area contributed by atoms with Crippen LogP contribution < -0.4 is 10.1 Å². The molecule has 6 heteroatoms. The van der Waals surface area contributed by atoms with E-state index in [1.165, 1.54) is 0 Å². The highest BCUT2D eigenvalue weighted by atomic mass is 35.5. The average molecular weight is 354 g/mol. The summed E-state index contributed by atoms with van der Waals surface area (Å²) in [7, 11) is 0. The van der Waals surface area contributed by atoms with Crippen molar-refractivity contribution >= 4 is 23.3 Å². The first-order valence-corrected chi connectivity index (χ1v) is 8.40. The summed E-state index contributed by atoms with van der Waals surface area (Å²) in [6.45, 7) is 0.347. The molecule has 0 saturated heterocycles. The van der Waals surface area contributed by atoms with Gasteiger partial charge in [-0.1, -0.05) is 29.8 Å². The largest absolute Gasteiger partial charge is 0.492 e. The van der Waals surface area contributed by atoms with Crippen LogP contribution >= 0.6 is 11.6 Å². The van der Waals surface area contributed by atoms with Gasteiger partial charge >= 0.3 is 0 Å². The molecule has 5 nitrogen and oxygen atoms in total. The number of rotatable bonds is 3. The number of carbonyl (C=O) groups excluding carboxylic acids is 1. The van der Waals surface area contributed by atoms with Gasteiger partial charge in [-0.2, -0.15) is 5.10 Å². The SMILES string of the molecule is O=C(Nc1ccn(-c2ccccc2)n1)C1COc2ccc(Cl)cc2C1. The molecule has 0 radical (unpaired) electrons. The molecule has 1 aliphatic rings. The monoisotopic (exact) mass is 353 g/mol. The van der Waals surface area contributed by atoms with E-state index in [1.54, 1.807) is 16.8 Å². The first-order chi connectivity index (χ1) is 12.2. The first-order valence-electron chi connectivity index (χ1n) is 8.02. The second-order valence-electron chi connectivity index (χ2n) is 5.93. The third-order valence-corrected chi connectivity index (χ3v) is 4.40. The molecular weight excluding hydrogens is 338 g/mol. The van der Waals surface area contributed by atoms with Crippen molar-refractivity contribution in [2.24, 2.45) is 5.92 Å². The van der Waals surface area contributed by atoms with Crippen LogP contribution in [-0.4, -0.2) is 22.3 Å². The van der Waals surface area contributed by atoms with Gasteiger partial charge in [-0.3, -0.25) is 4.79 Å². The van der Waals surface area contributed by atoms with Crippen molar-refractivity contribution < 1.29 is 9.53 Å². The Morgan fingerprint density at radius 3 is 2.88 bits per heavy atom. The number of hydrogen-bond acceptors (Lipinski definition) is 3. The number of carbonyl (C=O) groups is 1. The molecule has 0 spiro atoms. The van der Waals surface area contributed by atoms with Gasteiger partial charge in [0.1, 0.15) is 12.4 Å². The predicted molar refractivity (Wildman–Crippen MR) is 96.3 cm³/mol. The van der Waals surface area contributed by atoms with E-state index in [4.69, 9.17) is 16.3 Å². The van der Waals surface area contributed by atoms with Crippen molar-refractivity contribution in [3.8, 4) is 11.4 Å². The molecular formula is C19H16ClN3O2. The predicted octanol–water partition coefficient (Wildman–Crippen LogP) is 3.72. The van der Waals surface area contributed by atoms with E-state index in [0.717, 1.165) is 17.0 Å². The van der Waals surface area contributed by atoms with Crippen LogP contribution in [0.2, 0.25) is 5.02 Å². The van der Waals surface area contributed by atoms with E-state index >= 15 is 0 Å². The Balaban J connectivity index is 1.45. The zero-order valence-electron chi connectivity index (χ0n) is 13.4. The highest BCUT2D eigenvalue weighted by molar-refractivity contribution is 6.30. The first kappa shape index (κ1) is 15.7. The lowest BCUT2D eigenvalue weighted by atomic mass is 9.96. The second kappa shape index (κ2) is 6.61. The van der Waals surface area contributed by atoms with Crippen LogP contribution in [0.5, 0.6) is 5.75 Å². The van der Waals surface area contributed by atoms with Gasteiger partial charge in [0.25, 0.3) is 0 Å². The third kappa shape index (κ3) is 3.37. The fourth-order valence-electron chi connectivity index (χ4n) is 2.87. The van der Waals surface area contributed by atoms with Crippen LogP contribution in [0.1, 0.15) is 5.56 Å². The Hall–Kier alpha value is -2.79. The van der Waals surface area contributed by atoms with Gasteiger partial charge in [0, 0.05) is 17.3 Å². The molecule has 0 aliphatic carbocycles. The molecule has 1 N–H and O–H groups in total. The number of nitrogens with one attached hydrogen (secondary N) is 1. The minimum Gasteiger partial charge on any atom is -0.492 e. The van der Waals surface area contributed by atoms with Crippen molar-refractivity contribution in [1.82, 2.24) is 9.78 Å². The Morgan fingerprint density at radius 1 is 1.20 bits per heavy atom. The number of benzene rings is 2. The van der Waals surface area contributed by atoms with E-state index in [2.05, 4.69) is 10.4 Å². The zero-order chi connectivity index (χ0) is 17.2. The lowest BCUT2D eigenvalue weighted by molar-refractivity contribution is -0.121. The summed E-state index contributed by atoms with van der Waals surface area (Å²) in [6.07, 6.45) is 2.42. The van der Waals surface area contributed by atoms with Gasteiger partial charge in [0.15, 0.2) is 5.82 Å². The van der Waals surface area contributed by atoms with Gasteiger partial charge < -0.3 is 10.1 Å². The number of hydrogen-bond donors (Lipinski definition) is 1. The molecule has 2 heterocycles. The number of ether oxygens (including phenoxy) is 1. The molecule has 1 aromatic heterocycles. The standard InChI is InChI=1S/C19H16ClN3O2/c20-15-6-7-17-13(11-15)10-14(12-25-17)19(24)21-18-8-9-23(22-18)16-4-2-1-3-5-16/h1-9,11,14H,10,12H2,(H,21,22,24). The smallest absolute Gasteiger partial charge is 0.232 e. The number of fused-ring (bicyclic) bond motifs is 1. The second-order valence-corrected chi connectivity index (χ2v) is 6.37. The summed E-state index contributed by atoms with van der Waals surface area (Å²) in [4.78, 5) is 12.5. The maximum Gasteiger partial charge on any atom is 0.232 e. The molecule has 0 bridgehead atoms. The molecule has 25 heavy (non-hydrogen) atoms. The van der Waals surface area contributed by atoms with Crippen LogP contribution in [0.4, 0.5) is 5.82 Å². The molecule has 0 fully saturated rings. The maximum absolute atomic E-state index is 12.5.